The van der Waals surface area contributed by atoms with E-state index in [1.165, 1.54) is 12.8 Å². The molecule has 1 aliphatic rings. The van der Waals surface area contributed by atoms with Gasteiger partial charge in [-0.2, -0.15) is 0 Å². The number of carbonyl (C=O) groups excluding carboxylic acids is 1. The molecule has 2 heterocycles. The van der Waals surface area contributed by atoms with Crippen LogP contribution in [-0.2, 0) is 0 Å². The standard InChI is InChI=1S/C23H32N2O3/c1-16(2)27-20-8-6-19(7-9-20)23(26)24-15-21(22-10-5-18(4)28-22)25-13-11-17(3)12-14-25/h5-10,16-17,21H,11-15H2,1-4H3,(H,24,26)/t21-/m0/s1. The third-order valence-electron chi connectivity index (χ3n) is 5.29. The van der Waals surface area contributed by atoms with Gasteiger partial charge < -0.3 is 14.5 Å². The number of likely N-dealkylation sites (tertiary alicyclic amines) is 1. The molecule has 0 radical (unpaired) electrons. The number of aryl methyl sites for hydroxylation is 1. The maximum atomic E-state index is 12.7. The smallest absolute Gasteiger partial charge is 0.251 e. The Balaban J connectivity index is 1.65. The van der Waals surface area contributed by atoms with E-state index < -0.39 is 0 Å². The van der Waals surface area contributed by atoms with Gasteiger partial charge >= 0.3 is 0 Å². The fourth-order valence-electron chi connectivity index (χ4n) is 3.63. The lowest BCUT2D eigenvalue weighted by atomic mass is 9.97. The van der Waals surface area contributed by atoms with Crippen molar-refractivity contribution in [2.75, 3.05) is 19.6 Å². The van der Waals surface area contributed by atoms with Crippen LogP contribution in [0.5, 0.6) is 5.75 Å². The number of hydrogen-bond acceptors (Lipinski definition) is 4. The fourth-order valence-corrected chi connectivity index (χ4v) is 3.63. The van der Waals surface area contributed by atoms with Crippen LogP contribution in [0.25, 0.3) is 0 Å². The van der Waals surface area contributed by atoms with Gasteiger partial charge in [0.2, 0.25) is 0 Å². The molecule has 1 saturated heterocycles. The van der Waals surface area contributed by atoms with Crippen molar-refractivity contribution in [3.63, 3.8) is 0 Å². The molecule has 152 valence electrons. The molecule has 0 saturated carbocycles. The van der Waals surface area contributed by atoms with E-state index in [9.17, 15) is 4.79 Å². The number of carbonyl (C=O) groups is 1. The highest BCUT2D eigenvalue weighted by Crippen LogP contribution is 2.27. The van der Waals surface area contributed by atoms with Crippen molar-refractivity contribution in [1.82, 2.24) is 10.2 Å². The number of piperidine rings is 1. The molecule has 1 aromatic heterocycles. The first-order valence-electron chi connectivity index (χ1n) is 10.3. The Morgan fingerprint density at radius 3 is 2.43 bits per heavy atom. The minimum absolute atomic E-state index is 0.0636. The first-order chi connectivity index (χ1) is 13.4. The predicted octanol–water partition coefficient (Wildman–Crippen LogP) is 4.58. The zero-order chi connectivity index (χ0) is 20.1. The molecule has 2 aromatic rings. The number of hydrogen-bond donors (Lipinski definition) is 1. The van der Waals surface area contributed by atoms with Gasteiger partial charge in [0.1, 0.15) is 17.3 Å². The zero-order valence-electron chi connectivity index (χ0n) is 17.4. The third kappa shape index (κ3) is 5.38. The summed E-state index contributed by atoms with van der Waals surface area (Å²) in [6, 6.07) is 11.4. The topological polar surface area (TPSA) is 54.7 Å². The van der Waals surface area contributed by atoms with E-state index in [1.54, 1.807) is 0 Å². The maximum Gasteiger partial charge on any atom is 0.251 e. The first-order valence-corrected chi connectivity index (χ1v) is 10.3. The third-order valence-corrected chi connectivity index (χ3v) is 5.29. The van der Waals surface area contributed by atoms with Gasteiger partial charge in [0.05, 0.1) is 12.1 Å². The Morgan fingerprint density at radius 2 is 1.86 bits per heavy atom. The summed E-state index contributed by atoms with van der Waals surface area (Å²) >= 11 is 0. The maximum absolute atomic E-state index is 12.7. The number of benzene rings is 1. The molecule has 1 fully saturated rings. The van der Waals surface area contributed by atoms with Crippen LogP contribution >= 0.6 is 0 Å². The lowest BCUT2D eigenvalue weighted by Crippen LogP contribution is -2.41. The van der Waals surface area contributed by atoms with Crippen LogP contribution in [0.2, 0.25) is 0 Å². The molecule has 1 atom stereocenters. The summed E-state index contributed by atoms with van der Waals surface area (Å²) in [4.78, 5) is 15.1. The van der Waals surface area contributed by atoms with Crippen LogP contribution in [0.1, 0.15) is 61.5 Å². The number of amides is 1. The fraction of sp³-hybridized carbons (Fsp3) is 0.522. The molecule has 1 N–H and O–H groups in total. The lowest BCUT2D eigenvalue weighted by molar-refractivity contribution is 0.0895. The normalized spacial score (nSPS) is 16.9. The average molecular weight is 385 g/mol. The molecule has 1 aliphatic heterocycles. The molecule has 0 bridgehead atoms. The van der Waals surface area contributed by atoms with Gasteiger partial charge in [-0.3, -0.25) is 9.69 Å². The summed E-state index contributed by atoms with van der Waals surface area (Å²) in [7, 11) is 0. The van der Waals surface area contributed by atoms with E-state index in [2.05, 4.69) is 17.1 Å². The Bertz CT molecular complexity index is 758. The summed E-state index contributed by atoms with van der Waals surface area (Å²) in [6.45, 7) is 10.8. The minimum Gasteiger partial charge on any atom is -0.491 e. The van der Waals surface area contributed by atoms with Crippen LogP contribution < -0.4 is 10.1 Å². The summed E-state index contributed by atoms with van der Waals surface area (Å²) in [6.07, 6.45) is 2.48. The van der Waals surface area contributed by atoms with E-state index in [1.807, 2.05) is 57.2 Å². The number of nitrogens with one attached hydrogen (secondary N) is 1. The Kier molecular flexibility index (Phi) is 6.79. The predicted molar refractivity (Wildman–Crippen MR) is 111 cm³/mol. The number of furan rings is 1. The molecule has 28 heavy (non-hydrogen) atoms. The SMILES string of the molecule is Cc1ccc([C@H](CNC(=O)c2ccc(OC(C)C)cc2)N2CCC(C)CC2)o1. The summed E-state index contributed by atoms with van der Waals surface area (Å²) < 4.78 is 11.6. The molecule has 5 nitrogen and oxygen atoms in total. The Morgan fingerprint density at radius 1 is 1.18 bits per heavy atom. The van der Waals surface area contributed by atoms with Gasteiger partial charge in [-0.05, 0) is 89.0 Å². The highest BCUT2D eigenvalue weighted by atomic mass is 16.5. The first kappa shape index (κ1) is 20.5. The van der Waals surface area contributed by atoms with E-state index >= 15 is 0 Å². The summed E-state index contributed by atoms with van der Waals surface area (Å²) in [5.74, 6) is 3.29. The van der Waals surface area contributed by atoms with Crippen molar-refractivity contribution < 1.29 is 13.9 Å². The average Bonchev–Trinajstić information content (AvgIpc) is 3.09. The van der Waals surface area contributed by atoms with Gasteiger partial charge in [-0.25, -0.2) is 0 Å². The second kappa shape index (κ2) is 9.28. The molecular formula is C23H32N2O3. The Labute approximate surface area is 168 Å². The van der Waals surface area contributed by atoms with Crippen molar-refractivity contribution >= 4 is 5.91 Å². The van der Waals surface area contributed by atoms with E-state index in [-0.39, 0.29) is 18.1 Å². The second-order valence-electron chi connectivity index (χ2n) is 8.08. The summed E-state index contributed by atoms with van der Waals surface area (Å²) in [5.41, 5.74) is 0.637. The van der Waals surface area contributed by atoms with E-state index in [4.69, 9.17) is 9.15 Å². The molecule has 1 amide bonds. The molecule has 3 rings (SSSR count). The second-order valence-corrected chi connectivity index (χ2v) is 8.08. The van der Waals surface area contributed by atoms with Gasteiger partial charge in [0, 0.05) is 12.1 Å². The molecule has 5 heteroatoms. The molecule has 1 aromatic carbocycles. The van der Waals surface area contributed by atoms with Gasteiger partial charge in [-0.1, -0.05) is 6.92 Å². The monoisotopic (exact) mass is 384 g/mol. The van der Waals surface area contributed by atoms with Gasteiger partial charge in [0.15, 0.2) is 0 Å². The van der Waals surface area contributed by atoms with E-state index in [0.29, 0.717) is 12.1 Å². The number of ether oxygens (including phenoxy) is 1. The van der Waals surface area contributed by atoms with Crippen LogP contribution in [0.3, 0.4) is 0 Å². The van der Waals surface area contributed by atoms with Crippen molar-refractivity contribution in [3.05, 3.63) is 53.5 Å². The highest BCUT2D eigenvalue weighted by Gasteiger charge is 2.27. The van der Waals surface area contributed by atoms with Crippen molar-refractivity contribution in [2.24, 2.45) is 5.92 Å². The Hall–Kier alpha value is -2.27. The van der Waals surface area contributed by atoms with Crippen LogP contribution in [-0.4, -0.2) is 36.5 Å². The molecular weight excluding hydrogens is 352 g/mol. The lowest BCUT2D eigenvalue weighted by Gasteiger charge is -2.35. The van der Waals surface area contributed by atoms with Crippen molar-refractivity contribution in [2.45, 2.75) is 52.7 Å². The van der Waals surface area contributed by atoms with Crippen molar-refractivity contribution in [1.29, 1.82) is 0 Å². The van der Waals surface area contributed by atoms with E-state index in [0.717, 1.165) is 36.3 Å². The van der Waals surface area contributed by atoms with Gasteiger partial charge in [-0.15, -0.1) is 0 Å². The number of rotatable bonds is 7. The van der Waals surface area contributed by atoms with Crippen molar-refractivity contribution in [3.8, 4) is 5.75 Å². The van der Waals surface area contributed by atoms with Crippen LogP contribution in [0.15, 0.2) is 40.8 Å². The molecule has 0 aliphatic carbocycles. The van der Waals surface area contributed by atoms with Crippen LogP contribution in [0.4, 0.5) is 0 Å². The van der Waals surface area contributed by atoms with Crippen LogP contribution in [0, 0.1) is 12.8 Å². The highest BCUT2D eigenvalue weighted by molar-refractivity contribution is 5.94. The summed E-state index contributed by atoms with van der Waals surface area (Å²) in [5, 5.41) is 3.09. The largest absolute Gasteiger partial charge is 0.491 e. The van der Waals surface area contributed by atoms with Gasteiger partial charge in [0.25, 0.3) is 5.91 Å². The molecule has 0 spiro atoms. The zero-order valence-corrected chi connectivity index (χ0v) is 17.4. The number of nitrogens with zero attached hydrogens (tertiary/aromatic N) is 1. The quantitative estimate of drug-likeness (QED) is 0.759. The minimum atomic E-state index is -0.0743. The molecule has 0 unspecified atom stereocenters.